The molecular weight excluding hydrogens is 316 g/mol. The third-order valence-electron chi connectivity index (χ3n) is 5.74. The number of carbonyl (C=O) groups excluding carboxylic acids is 2. The second kappa shape index (κ2) is 8.02. The number of amides is 2. The van der Waals surface area contributed by atoms with E-state index in [1.807, 2.05) is 0 Å². The van der Waals surface area contributed by atoms with Crippen LogP contribution in [0, 0.1) is 23.7 Å². The molecule has 0 aromatic heterocycles. The van der Waals surface area contributed by atoms with E-state index in [2.05, 4.69) is 34.7 Å². The van der Waals surface area contributed by atoms with Gasteiger partial charge in [0.1, 0.15) is 0 Å². The SMILES string of the molecule is CCCCCCNC(=NC)NCCN1C(=O)C2C3C=CC(C3)C2C1=O. The van der Waals surface area contributed by atoms with E-state index in [0.29, 0.717) is 13.1 Å². The lowest BCUT2D eigenvalue weighted by Crippen LogP contribution is -2.43. The molecule has 1 heterocycles. The summed E-state index contributed by atoms with van der Waals surface area (Å²) in [6, 6.07) is 0. The predicted octanol–water partition coefficient (Wildman–Crippen LogP) is 1.54. The van der Waals surface area contributed by atoms with Gasteiger partial charge >= 0.3 is 0 Å². The smallest absolute Gasteiger partial charge is 0.233 e. The van der Waals surface area contributed by atoms with Gasteiger partial charge in [-0.2, -0.15) is 0 Å². The van der Waals surface area contributed by atoms with E-state index >= 15 is 0 Å². The maximum absolute atomic E-state index is 12.6. The Morgan fingerprint density at radius 2 is 1.72 bits per heavy atom. The number of unbranched alkanes of at least 4 members (excludes halogenated alkanes) is 3. The molecule has 1 aliphatic heterocycles. The zero-order valence-electron chi connectivity index (χ0n) is 15.3. The first-order valence-electron chi connectivity index (χ1n) is 9.65. The highest BCUT2D eigenvalue weighted by atomic mass is 16.2. The molecule has 25 heavy (non-hydrogen) atoms. The molecule has 6 heteroatoms. The molecular formula is C19H30N4O2. The molecule has 2 fully saturated rings. The second-order valence-corrected chi connectivity index (χ2v) is 7.31. The fourth-order valence-electron chi connectivity index (χ4n) is 4.45. The number of nitrogens with one attached hydrogen (secondary N) is 2. The summed E-state index contributed by atoms with van der Waals surface area (Å²) in [5.41, 5.74) is 0. The normalized spacial score (nSPS) is 30.3. The summed E-state index contributed by atoms with van der Waals surface area (Å²) < 4.78 is 0. The average Bonchev–Trinajstić information content (AvgIpc) is 3.29. The minimum atomic E-state index is -0.0986. The topological polar surface area (TPSA) is 73.8 Å². The van der Waals surface area contributed by atoms with Gasteiger partial charge in [-0.15, -0.1) is 0 Å². The third kappa shape index (κ3) is 3.58. The van der Waals surface area contributed by atoms with Gasteiger partial charge in [-0.3, -0.25) is 19.5 Å². The number of allylic oxidation sites excluding steroid dienone is 2. The second-order valence-electron chi connectivity index (χ2n) is 7.31. The highest BCUT2D eigenvalue weighted by molar-refractivity contribution is 6.06. The number of likely N-dealkylation sites (tertiary alicyclic amines) is 1. The van der Waals surface area contributed by atoms with Crippen molar-refractivity contribution in [3.05, 3.63) is 12.2 Å². The number of fused-ring (bicyclic) bond motifs is 5. The van der Waals surface area contributed by atoms with Crippen LogP contribution in [0.4, 0.5) is 0 Å². The van der Waals surface area contributed by atoms with Gasteiger partial charge in [-0.05, 0) is 24.7 Å². The Bertz CT molecular complexity index is 542. The summed E-state index contributed by atoms with van der Waals surface area (Å²) in [7, 11) is 1.74. The van der Waals surface area contributed by atoms with Crippen LogP contribution in [0.2, 0.25) is 0 Å². The van der Waals surface area contributed by atoms with Crippen LogP contribution >= 0.6 is 0 Å². The van der Waals surface area contributed by atoms with Gasteiger partial charge in [0, 0.05) is 26.7 Å². The molecule has 3 aliphatic rings. The van der Waals surface area contributed by atoms with Gasteiger partial charge < -0.3 is 10.6 Å². The lowest BCUT2D eigenvalue weighted by molar-refractivity contribution is -0.140. The van der Waals surface area contributed by atoms with Gasteiger partial charge in [0.2, 0.25) is 11.8 Å². The molecule has 0 aromatic carbocycles. The average molecular weight is 346 g/mol. The summed E-state index contributed by atoms with van der Waals surface area (Å²) in [6.07, 6.45) is 10.1. The summed E-state index contributed by atoms with van der Waals surface area (Å²) in [4.78, 5) is 30.9. The molecule has 2 amide bonds. The summed E-state index contributed by atoms with van der Waals surface area (Å²) in [6.45, 7) is 4.04. The van der Waals surface area contributed by atoms with E-state index in [1.54, 1.807) is 7.05 Å². The monoisotopic (exact) mass is 346 g/mol. The molecule has 0 radical (unpaired) electrons. The quantitative estimate of drug-likeness (QED) is 0.230. The third-order valence-corrected chi connectivity index (χ3v) is 5.74. The Balaban J connectivity index is 1.42. The van der Waals surface area contributed by atoms with Crippen LogP contribution < -0.4 is 10.6 Å². The van der Waals surface area contributed by atoms with Crippen molar-refractivity contribution < 1.29 is 9.59 Å². The summed E-state index contributed by atoms with van der Waals surface area (Å²) in [5.74, 6) is 1.14. The van der Waals surface area contributed by atoms with Crippen LogP contribution in [-0.4, -0.2) is 49.4 Å². The molecule has 0 aromatic rings. The fraction of sp³-hybridized carbons (Fsp3) is 0.737. The van der Waals surface area contributed by atoms with Crippen molar-refractivity contribution in [1.29, 1.82) is 0 Å². The largest absolute Gasteiger partial charge is 0.356 e. The number of nitrogens with zero attached hydrogens (tertiary/aromatic N) is 2. The zero-order chi connectivity index (χ0) is 17.8. The first-order chi connectivity index (χ1) is 12.2. The van der Waals surface area contributed by atoms with Gasteiger partial charge in [-0.1, -0.05) is 38.3 Å². The summed E-state index contributed by atoms with van der Waals surface area (Å²) in [5, 5.41) is 6.49. The Kier molecular flexibility index (Phi) is 5.76. The highest BCUT2D eigenvalue weighted by Gasteiger charge is 2.58. The molecule has 4 unspecified atom stereocenters. The Hall–Kier alpha value is -1.85. The van der Waals surface area contributed by atoms with Gasteiger partial charge in [0.25, 0.3) is 0 Å². The molecule has 0 spiro atoms. The number of guanidine groups is 1. The molecule has 4 atom stereocenters. The first kappa shape index (κ1) is 18.0. The van der Waals surface area contributed by atoms with Gasteiger partial charge in [0.15, 0.2) is 5.96 Å². The standard InChI is InChI=1S/C19H30N4O2/c1-3-4-5-6-9-21-19(20-2)22-10-11-23-17(24)15-13-7-8-14(12-13)16(15)18(23)25/h7-8,13-16H,3-6,9-12H2,1-2H3,(H2,20,21,22). The molecule has 3 rings (SSSR count). The lowest BCUT2D eigenvalue weighted by atomic mass is 9.85. The van der Waals surface area contributed by atoms with Crippen LogP contribution in [0.15, 0.2) is 17.1 Å². The van der Waals surface area contributed by atoms with Crippen LogP contribution in [0.1, 0.15) is 39.0 Å². The minimum Gasteiger partial charge on any atom is -0.356 e. The Labute approximate surface area is 150 Å². The number of imide groups is 1. The first-order valence-corrected chi connectivity index (χ1v) is 9.65. The van der Waals surface area contributed by atoms with Crippen molar-refractivity contribution in [1.82, 2.24) is 15.5 Å². The zero-order valence-corrected chi connectivity index (χ0v) is 15.3. The molecule has 1 saturated heterocycles. The van der Waals surface area contributed by atoms with Crippen molar-refractivity contribution in [2.24, 2.45) is 28.7 Å². The van der Waals surface area contributed by atoms with Crippen LogP contribution in [0.25, 0.3) is 0 Å². The van der Waals surface area contributed by atoms with E-state index in [9.17, 15) is 9.59 Å². The van der Waals surface area contributed by atoms with Crippen molar-refractivity contribution in [2.75, 3.05) is 26.7 Å². The molecule has 2 aliphatic carbocycles. The van der Waals surface area contributed by atoms with Crippen molar-refractivity contribution in [3.63, 3.8) is 0 Å². The Morgan fingerprint density at radius 1 is 1.08 bits per heavy atom. The molecule has 138 valence electrons. The maximum atomic E-state index is 12.6. The van der Waals surface area contributed by atoms with Crippen molar-refractivity contribution in [3.8, 4) is 0 Å². The van der Waals surface area contributed by atoms with Crippen LogP contribution in [0.5, 0.6) is 0 Å². The van der Waals surface area contributed by atoms with E-state index in [4.69, 9.17) is 0 Å². The molecule has 6 nitrogen and oxygen atoms in total. The number of hydrogen-bond donors (Lipinski definition) is 2. The molecule has 1 saturated carbocycles. The molecule has 2 N–H and O–H groups in total. The van der Waals surface area contributed by atoms with Crippen LogP contribution in [-0.2, 0) is 9.59 Å². The van der Waals surface area contributed by atoms with Gasteiger partial charge in [-0.25, -0.2) is 0 Å². The van der Waals surface area contributed by atoms with E-state index in [-0.39, 0.29) is 35.5 Å². The van der Waals surface area contributed by atoms with E-state index in [0.717, 1.165) is 25.3 Å². The van der Waals surface area contributed by atoms with Crippen LogP contribution in [0.3, 0.4) is 0 Å². The minimum absolute atomic E-state index is 0.0242. The number of aliphatic imine (C=N–C) groups is 1. The Morgan fingerprint density at radius 3 is 2.32 bits per heavy atom. The molecule has 2 bridgehead atoms. The maximum Gasteiger partial charge on any atom is 0.233 e. The predicted molar refractivity (Wildman–Crippen MR) is 97.9 cm³/mol. The number of carbonyl (C=O) groups is 2. The lowest BCUT2D eigenvalue weighted by Gasteiger charge is -2.18. The van der Waals surface area contributed by atoms with Gasteiger partial charge in [0.05, 0.1) is 11.8 Å². The van der Waals surface area contributed by atoms with E-state index in [1.165, 1.54) is 24.2 Å². The highest BCUT2D eigenvalue weighted by Crippen LogP contribution is 2.52. The summed E-state index contributed by atoms with van der Waals surface area (Å²) >= 11 is 0. The van der Waals surface area contributed by atoms with Crippen molar-refractivity contribution in [2.45, 2.75) is 39.0 Å². The van der Waals surface area contributed by atoms with Crippen molar-refractivity contribution >= 4 is 17.8 Å². The number of rotatable bonds is 8. The number of hydrogen-bond acceptors (Lipinski definition) is 3. The fourth-order valence-corrected chi connectivity index (χ4v) is 4.45. The van der Waals surface area contributed by atoms with E-state index < -0.39 is 0 Å².